The molecule has 10 heteroatoms. The topological polar surface area (TPSA) is 128 Å². The molecule has 0 fully saturated rings. The monoisotopic (exact) mass is 702 g/mol. The fourth-order valence-corrected chi connectivity index (χ4v) is 6.71. The first-order valence-electron chi connectivity index (χ1n) is 17.5. The number of nitrogens with zero attached hydrogens (tertiary/aromatic N) is 2. The molecule has 0 atom stereocenters. The molecule has 270 valence electrons. The summed E-state index contributed by atoms with van der Waals surface area (Å²) in [6.07, 6.45) is 1.85. The van der Waals surface area contributed by atoms with Crippen molar-refractivity contribution in [1.29, 1.82) is 0 Å². The van der Waals surface area contributed by atoms with E-state index in [-0.39, 0.29) is 37.8 Å². The number of benzene rings is 3. The third-order valence-corrected chi connectivity index (χ3v) is 8.91. The summed E-state index contributed by atoms with van der Waals surface area (Å²) in [7, 11) is 0. The molecule has 0 saturated carbocycles. The van der Waals surface area contributed by atoms with Gasteiger partial charge in [-0.05, 0) is 69.4 Å². The standard InChI is InChI=1S/C42H46N4O6/c1-7-35-37(22-33-18-27(3)16-28(4)19-33)45(41(49)43-39(35)47)25-51-15-9-10-31-11-13-32(14-12-31)24-52-26-46-38(36(8-2)40(48)44-42(46)50)23-34-20-29(5)17-30(6)21-34/h11-14,16-21H,7-8,15,22-26H2,1-6H3,(H,43,47,49)(H,44,48,50). The van der Waals surface area contributed by atoms with E-state index in [9.17, 15) is 19.2 Å². The van der Waals surface area contributed by atoms with Gasteiger partial charge in [0.1, 0.15) is 20.1 Å². The van der Waals surface area contributed by atoms with Crippen LogP contribution in [-0.4, -0.2) is 25.7 Å². The van der Waals surface area contributed by atoms with Crippen LogP contribution in [0.25, 0.3) is 0 Å². The molecule has 3 aromatic carbocycles. The van der Waals surface area contributed by atoms with Crippen molar-refractivity contribution in [3.05, 3.63) is 169 Å². The van der Waals surface area contributed by atoms with E-state index in [1.54, 1.807) is 0 Å². The second-order valence-electron chi connectivity index (χ2n) is 13.2. The predicted octanol–water partition coefficient (Wildman–Crippen LogP) is 5.13. The lowest BCUT2D eigenvalue weighted by molar-refractivity contribution is 0.0589. The number of rotatable bonds is 13. The Bertz CT molecular complexity index is 2330. The maximum atomic E-state index is 12.9. The average molecular weight is 703 g/mol. The molecule has 0 bridgehead atoms. The van der Waals surface area contributed by atoms with Gasteiger partial charge in [0.15, 0.2) is 0 Å². The molecule has 5 rings (SSSR count). The van der Waals surface area contributed by atoms with Crippen molar-refractivity contribution in [2.75, 3.05) is 6.61 Å². The molecule has 0 saturated heterocycles. The first kappa shape index (κ1) is 37.7. The number of hydrogen-bond donors (Lipinski definition) is 2. The fraction of sp³-hybridized carbons (Fsp3) is 0.333. The van der Waals surface area contributed by atoms with Crippen LogP contribution in [0.5, 0.6) is 0 Å². The molecule has 0 spiro atoms. The molecule has 5 aromatic rings. The first-order chi connectivity index (χ1) is 24.9. The van der Waals surface area contributed by atoms with Crippen molar-refractivity contribution in [3.8, 4) is 11.8 Å². The summed E-state index contributed by atoms with van der Waals surface area (Å²) in [4.78, 5) is 55.9. The van der Waals surface area contributed by atoms with E-state index in [0.29, 0.717) is 48.2 Å². The van der Waals surface area contributed by atoms with E-state index in [4.69, 9.17) is 9.47 Å². The minimum atomic E-state index is -0.513. The molecular weight excluding hydrogens is 656 g/mol. The SMILES string of the molecule is CCc1c(Cc2cc(C)cc(C)c2)n(COCC#Cc2ccc(COCn3c(Cc4cc(C)cc(C)c4)c(CC)c(=O)[nH]c3=O)cc2)c(=O)[nH]c1=O. The van der Waals surface area contributed by atoms with Crippen LogP contribution in [-0.2, 0) is 55.2 Å². The minimum Gasteiger partial charge on any atom is -0.356 e. The summed E-state index contributed by atoms with van der Waals surface area (Å²) in [5, 5.41) is 0. The number of H-pyrrole nitrogens is 2. The molecule has 0 unspecified atom stereocenters. The van der Waals surface area contributed by atoms with Crippen molar-refractivity contribution < 1.29 is 9.47 Å². The Kier molecular flexibility index (Phi) is 12.4. The van der Waals surface area contributed by atoms with Gasteiger partial charge in [-0.25, -0.2) is 9.59 Å². The Morgan fingerprint density at radius 2 is 1.04 bits per heavy atom. The number of nitrogens with one attached hydrogen (secondary N) is 2. The molecule has 0 aliphatic heterocycles. The van der Waals surface area contributed by atoms with Crippen LogP contribution in [0, 0.1) is 39.5 Å². The molecule has 2 aromatic heterocycles. The number of hydrogen-bond acceptors (Lipinski definition) is 6. The van der Waals surface area contributed by atoms with Crippen LogP contribution < -0.4 is 22.5 Å². The van der Waals surface area contributed by atoms with Crippen molar-refractivity contribution in [2.24, 2.45) is 0 Å². The number of aromatic amines is 2. The second kappa shape index (κ2) is 17.1. The highest BCUT2D eigenvalue weighted by Crippen LogP contribution is 2.17. The van der Waals surface area contributed by atoms with Gasteiger partial charge >= 0.3 is 11.4 Å². The Balaban J connectivity index is 1.21. The lowest BCUT2D eigenvalue weighted by Crippen LogP contribution is -2.36. The van der Waals surface area contributed by atoms with Gasteiger partial charge in [-0.15, -0.1) is 0 Å². The molecule has 2 N–H and O–H groups in total. The third-order valence-electron chi connectivity index (χ3n) is 8.91. The van der Waals surface area contributed by atoms with Crippen molar-refractivity contribution >= 4 is 0 Å². The number of aryl methyl sites for hydroxylation is 4. The van der Waals surface area contributed by atoms with Gasteiger partial charge in [0.2, 0.25) is 0 Å². The van der Waals surface area contributed by atoms with Crippen molar-refractivity contribution in [3.63, 3.8) is 0 Å². The van der Waals surface area contributed by atoms with E-state index in [1.165, 1.54) is 9.13 Å². The lowest BCUT2D eigenvalue weighted by atomic mass is 10.0. The van der Waals surface area contributed by atoms with E-state index >= 15 is 0 Å². The Labute approximate surface area is 303 Å². The van der Waals surface area contributed by atoms with Gasteiger partial charge in [-0.2, -0.15) is 0 Å². The first-order valence-corrected chi connectivity index (χ1v) is 17.5. The highest BCUT2D eigenvalue weighted by atomic mass is 16.5. The number of ether oxygens (including phenoxy) is 2. The summed E-state index contributed by atoms with van der Waals surface area (Å²) in [6, 6.07) is 20.0. The fourth-order valence-electron chi connectivity index (χ4n) is 6.71. The quantitative estimate of drug-likeness (QED) is 0.130. The van der Waals surface area contributed by atoms with E-state index < -0.39 is 11.4 Å². The molecule has 0 amide bonds. The maximum Gasteiger partial charge on any atom is 0.330 e. The molecular formula is C42H46N4O6. The summed E-state index contributed by atoms with van der Waals surface area (Å²) < 4.78 is 14.8. The normalized spacial score (nSPS) is 11.0. The number of aromatic nitrogens is 4. The molecule has 0 radical (unpaired) electrons. The molecule has 0 aliphatic rings. The van der Waals surface area contributed by atoms with E-state index in [2.05, 4.69) is 58.2 Å². The summed E-state index contributed by atoms with van der Waals surface area (Å²) >= 11 is 0. The van der Waals surface area contributed by atoms with Gasteiger partial charge in [0.05, 0.1) is 6.61 Å². The summed E-state index contributed by atoms with van der Waals surface area (Å²) in [6.45, 7) is 12.2. The summed E-state index contributed by atoms with van der Waals surface area (Å²) in [5.41, 5.74) is 8.88. The van der Waals surface area contributed by atoms with Crippen LogP contribution in [0.3, 0.4) is 0 Å². The van der Waals surface area contributed by atoms with Crippen LogP contribution in [0.15, 0.2) is 79.8 Å². The molecule has 52 heavy (non-hydrogen) atoms. The van der Waals surface area contributed by atoms with Gasteiger partial charge in [-0.1, -0.05) is 96.5 Å². The van der Waals surface area contributed by atoms with Gasteiger partial charge in [0, 0.05) is 40.9 Å². The average Bonchev–Trinajstić information content (AvgIpc) is 3.07. The Morgan fingerprint density at radius 1 is 0.596 bits per heavy atom. The van der Waals surface area contributed by atoms with Gasteiger partial charge < -0.3 is 9.47 Å². The van der Waals surface area contributed by atoms with Crippen molar-refractivity contribution in [2.45, 2.75) is 87.3 Å². The zero-order valence-corrected chi connectivity index (χ0v) is 30.8. The molecule has 0 aliphatic carbocycles. The van der Waals surface area contributed by atoms with E-state index in [1.807, 2.05) is 65.8 Å². The summed E-state index contributed by atoms with van der Waals surface area (Å²) in [5.74, 6) is 6.07. The highest BCUT2D eigenvalue weighted by Gasteiger charge is 2.16. The zero-order chi connectivity index (χ0) is 37.4. The largest absolute Gasteiger partial charge is 0.356 e. The molecule has 2 heterocycles. The minimum absolute atomic E-state index is 0.00781. The van der Waals surface area contributed by atoms with Crippen LogP contribution in [0.4, 0.5) is 0 Å². The smallest absolute Gasteiger partial charge is 0.330 e. The zero-order valence-electron chi connectivity index (χ0n) is 30.8. The Morgan fingerprint density at radius 3 is 1.48 bits per heavy atom. The predicted molar refractivity (Wildman–Crippen MR) is 203 cm³/mol. The van der Waals surface area contributed by atoms with Gasteiger partial charge in [-0.3, -0.25) is 28.7 Å². The third kappa shape index (κ3) is 9.43. The van der Waals surface area contributed by atoms with E-state index in [0.717, 1.165) is 44.5 Å². The van der Waals surface area contributed by atoms with Crippen LogP contribution >= 0.6 is 0 Å². The Hall–Kier alpha value is -5.50. The second-order valence-corrected chi connectivity index (χ2v) is 13.2. The van der Waals surface area contributed by atoms with Crippen LogP contribution in [0.1, 0.15) is 80.9 Å². The molecule has 10 nitrogen and oxygen atoms in total. The van der Waals surface area contributed by atoms with Gasteiger partial charge in [0.25, 0.3) is 11.1 Å². The lowest BCUT2D eigenvalue weighted by Gasteiger charge is -2.17. The maximum absolute atomic E-state index is 12.9. The van der Waals surface area contributed by atoms with Crippen LogP contribution in [0.2, 0.25) is 0 Å². The highest BCUT2D eigenvalue weighted by molar-refractivity contribution is 5.37. The van der Waals surface area contributed by atoms with Crippen molar-refractivity contribution in [1.82, 2.24) is 19.1 Å².